The molecule has 0 atom stereocenters. The molecule has 1 saturated heterocycles. The minimum atomic E-state index is -0.464. The van der Waals surface area contributed by atoms with E-state index in [0.717, 1.165) is 25.7 Å². The van der Waals surface area contributed by atoms with Gasteiger partial charge in [0, 0.05) is 12.8 Å². The zero-order valence-corrected chi connectivity index (χ0v) is 11.4. The molecule has 0 amide bonds. The van der Waals surface area contributed by atoms with E-state index in [4.69, 9.17) is 14.2 Å². The minimum Gasteiger partial charge on any atom is -0.490 e. The van der Waals surface area contributed by atoms with Crippen molar-refractivity contribution in [2.75, 3.05) is 27.4 Å². The third-order valence-electron chi connectivity index (χ3n) is 3.54. The normalized spacial score (nSPS) is 22.4. The third-order valence-corrected chi connectivity index (χ3v) is 3.54. The maximum absolute atomic E-state index is 11.3. The molecule has 1 aliphatic heterocycles. The quantitative estimate of drug-likeness (QED) is 0.445. The fraction of sp³-hybridized carbons (Fsp3) is 0.643. The fourth-order valence-corrected chi connectivity index (χ4v) is 2.42. The molecule has 1 spiro atoms. The van der Waals surface area contributed by atoms with Crippen LogP contribution in [0.4, 0.5) is 0 Å². The van der Waals surface area contributed by atoms with Crippen molar-refractivity contribution in [3.63, 3.8) is 0 Å². The Morgan fingerprint density at radius 3 is 2.32 bits per heavy atom. The van der Waals surface area contributed by atoms with Crippen molar-refractivity contribution in [3.8, 4) is 0 Å². The number of methoxy groups -OCH3 is 2. The molecule has 2 aliphatic rings. The van der Waals surface area contributed by atoms with Gasteiger partial charge >= 0.3 is 5.97 Å². The van der Waals surface area contributed by atoms with Gasteiger partial charge in [0.05, 0.1) is 27.4 Å². The number of hydrogen-bond donors (Lipinski definition) is 0. The number of allylic oxidation sites excluding steroid dienone is 3. The number of ether oxygens (including phenoxy) is 4. The lowest BCUT2D eigenvalue weighted by molar-refractivity contribution is -0.171. The number of carbonyl (C=O) groups excluding carboxylic acids is 1. The summed E-state index contributed by atoms with van der Waals surface area (Å²) in [7, 11) is 2.79. The van der Waals surface area contributed by atoms with Crippen LogP contribution in [-0.2, 0) is 23.7 Å². The van der Waals surface area contributed by atoms with Gasteiger partial charge < -0.3 is 18.9 Å². The van der Waals surface area contributed by atoms with E-state index in [9.17, 15) is 4.79 Å². The molecule has 1 saturated carbocycles. The highest BCUT2D eigenvalue weighted by molar-refractivity contribution is 5.86. The molecule has 5 heteroatoms. The van der Waals surface area contributed by atoms with E-state index in [0.29, 0.717) is 13.2 Å². The molecule has 2 rings (SSSR count). The van der Waals surface area contributed by atoms with Gasteiger partial charge in [-0.25, -0.2) is 4.79 Å². The Labute approximate surface area is 113 Å². The summed E-state index contributed by atoms with van der Waals surface area (Å²) in [5, 5.41) is 0. The Kier molecular flexibility index (Phi) is 4.61. The lowest BCUT2D eigenvalue weighted by Crippen LogP contribution is -2.33. The molecular formula is C14H20O5. The van der Waals surface area contributed by atoms with E-state index in [1.807, 2.05) is 6.08 Å². The van der Waals surface area contributed by atoms with Gasteiger partial charge in [-0.3, -0.25) is 0 Å². The maximum atomic E-state index is 11.3. The zero-order chi connectivity index (χ0) is 13.7. The zero-order valence-electron chi connectivity index (χ0n) is 11.4. The summed E-state index contributed by atoms with van der Waals surface area (Å²) in [5.41, 5.74) is 1.27. The van der Waals surface area contributed by atoms with Crippen molar-refractivity contribution in [2.45, 2.75) is 31.5 Å². The van der Waals surface area contributed by atoms with Crippen LogP contribution in [0, 0.1) is 0 Å². The number of esters is 1. The van der Waals surface area contributed by atoms with Crippen molar-refractivity contribution in [1.82, 2.24) is 0 Å². The predicted octanol–water partition coefficient (Wildman–Crippen LogP) is 1.93. The molecule has 5 nitrogen and oxygen atoms in total. The van der Waals surface area contributed by atoms with Crippen molar-refractivity contribution in [1.29, 1.82) is 0 Å². The van der Waals surface area contributed by atoms with Gasteiger partial charge in [0.1, 0.15) is 0 Å². The van der Waals surface area contributed by atoms with Gasteiger partial charge in [-0.1, -0.05) is 11.6 Å². The second-order valence-corrected chi connectivity index (χ2v) is 4.66. The molecule has 1 aliphatic carbocycles. The summed E-state index contributed by atoms with van der Waals surface area (Å²) in [6.45, 7) is 1.38. The molecule has 1 heterocycles. The number of carbonyl (C=O) groups is 1. The van der Waals surface area contributed by atoms with E-state index in [1.165, 1.54) is 19.8 Å². The molecule has 0 unspecified atom stereocenters. The van der Waals surface area contributed by atoms with E-state index >= 15 is 0 Å². The maximum Gasteiger partial charge on any atom is 0.373 e. The topological polar surface area (TPSA) is 54.0 Å². The van der Waals surface area contributed by atoms with E-state index < -0.39 is 5.97 Å². The van der Waals surface area contributed by atoms with Crippen molar-refractivity contribution in [3.05, 3.63) is 23.5 Å². The summed E-state index contributed by atoms with van der Waals surface area (Å²) < 4.78 is 20.9. The summed E-state index contributed by atoms with van der Waals surface area (Å²) in [4.78, 5) is 11.3. The van der Waals surface area contributed by atoms with Gasteiger partial charge in [-0.15, -0.1) is 0 Å². The predicted molar refractivity (Wildman–Crippen MR) is 68.3 cm³/mol. The largest absolute Gasteiger partial charge is 0.490 e. The van der Waals surface area contributed by atoms with Crippen LogP contribution >= 0.6 is 0 Å². The fourth-order valence-electron chi connectivity index (χ4n) is 2.42. The van der Waals surface area contributed by atoms with Crippen LogP contribution in [-0.4, -0.2) is 39.2 Å². The lowest BCUT2D eigenvalue weighted by atomic mass is 9.89. The molecule has 19 heavy (non-hydrogen) atoms. The first-order chi connectivity index (χ1) is 9.19. The second-order valence-electron chi connectivity index (χ2n) is 4.66. The average molecular weight is 268 g/mol. The summed E-state index contributed by atoms with van der Waals surface area (Å²) >= 11 is 0. The first kappa shape index (κ1) is 14.1. The summed E-state index contributed by atoms with van der Waals surface area (Å²) in [6.07, 6.45) is 7.15. The highest BCUT2D eigenvalue weighted by Crippen LogP contribution is 2.37. The van der Waals surface area contributed by atoms with E-state index in [2.05, 4.69) is 4.74 Å². The minimum absolute atomic E-state index is 0.212. The Morgan fingerprint density at radius 2 is 1.79 bits per heavy atom. The Balaban J connectivity index is 1.94. The molecule has 106 valence electrons. The Hall–Kier alpha value is -1.33. The average Bonchev–Trinajstić information content (AvgIpc) is 2.89. The van der Waals surface area contributed by atoms with Gasteiger partial charge in [0.2, 0.25) is 5.76 Å². The SMILES string of the molecule is COC(=O)/C(=C\C=C1CCC2(CC1)OCCO2)OC. The van der Waals surface area contributed by atoms with Crippen molar-refractivity contribution in [2.24, 2.45) is 0 Å². The Morgan fingerprint density at radius 1 is 1.16 bits per heavy atom. The molecule has 0 aromatic heterocycles. The van der Waals surface area contributed by atoms with Crippen LogP contribution in [0.1, 0.15) is 25.7 Å². The van der Waals surface area contributed by atoms with Gasteiger partial charge in [0.15, 0.2) is 5.79 Å². The van der Waals surface area contributed by atoms with E-state index in [-0.39, 0.29) is 11.5 Å². The number of hydrogen-bond acceptors (Lipinski definition) is 5. The van der Waals surface area contributed by atoms with Crippen LogP contribution in [0.3, 0.4) is 0 Å². The van der Waals surface area contributed by atoms with E-state index in [1.54, 1.807) is 6.08 Å². The van der Waals surface area contributed by atoms with Crippen LogP contribution in [0.25, 0.3) is 0 Å². The lowest BCUT2D eigenvalue weighted by Gasteiger charge is -2.32. The third kappa shape index (κ3) is 3.36. The Bertz CT molecular complexity index is 379. The first-order valence-corrected chi connectivity index (χ1v) is 6.49. The van der Waals surface area contributed by atoms with Crippen LogP contribution in [0.2, 0.25) is 0 Å². The number of rotatable bonds is 3. The first-order valence-electron chi connectivity index (χ1n) is 6.49. The van der Waals surface area contributed by atoms with Gasteiger partial charge in [0.25, 0.3) is 0 Å². The molecule has 0 N–H and O–H groups in total. The smallest absolute Gasteiger partial charge is 0.373 e. The monoisotopic (exact) mass is 268 g/mol. The highest BCUT2D eigenvalue weighted by Gasteiger charge is 2.38. The molecule has 2 fully saturated rings. The van der Waals surface area contributed by atoms with Gasteiger partial charge in [-0.2, -0.15) is 0 Å². The molecule has 0 radical (unpaired) electrons. The van der Waals surface area contributed by atoms with Gasteiger partial charge in [-0.05, 0) is 18.9 Å². The molecule has 0 aromatic rings. The molecular weight excluding hydrogens is 248 g/mol. The van der Waals surface area contributed by atoms with Crippen LogP contribution < -0.4 is 0 Å². The molecule has 0 aromatic carbocycles. The second kappa shape index (κ2) is 6.21. The van der Waals surface area contributed by atoms with Crippen molar-refractivity contribution >= 4 is 5.97 Å². The van der Waals surface area contributed by atoms with Crippen LogP contribution in [0.15, 0.2) is 23.5 Å². The van der Waals surface area contributed by atoms with Crippen molar-refractivity contribution < 1.29 is 23.7 Å². The summed E-state index contributed by atoms with van der Waals surface area (Å²) in [6, 6.07) is 0. The highest BCUT2D eigenvalue weighted by atomic mass is 16.7. The standard InChI is InChI=1S/C14H20O5/c1-16-12(13(15)17-2)4-3-11-5-7-14(8-6-11)18-9-10-19-14/h3-4H,5-10H2,1-2H3/b12-4+. The van der Waals surface area contributed by atoms with Crippen LogP contribution in [0.5, 0.6) is 0 Å². The summed E-state index contributed by atoms with van der Waals surface area (Å²) in [5.74, 6) is -0.606. The molecule has 0 bridgehead atoms.